The zero-order valence-electron chi connectivity index (χ0n) is 11.4. The van der Waals surface area contributed by atoms with E-state index in [1.165, 1.54) is 19.3 Å². The second kappa shape index (κ2) is 6.91. The predicted molar refractivity (Wildman–Crippen MR) is 85.0 cm³/mol. The highest BCUT2D eigenvalue weighted by atomic mass is 79.9. The van der Waals surface area contributed by atoms with Gasteiger partial charge < -0.3 is 5.73 Å². The average molecular weight is 361 g/mol. The first-order valence-electron chi connectivity index (χ1n) is 7.06. The molecule has 0 aliphatic heterocycles. The molecule has 20 heavy (non-hydrogen) atoms. The lowest BCUT2D eigenvalue weighted by atomic mass is 9.97. The van der Waals surface area contributed by atoms with Crippen LogP contribution in [0.5, 0.6) is 0 Å². The SMILES string of the molecule is Nc1ccc(S(=O)(=O)NC2CCCCCCC2)c(Br)c1. The molecule has 0 amide bonds. The molecule has 1 fully saturated rings. The van der Waals surface area contributed by atoms with Crippen molar-refractivity contribution in [2.45, 2.75) is 55.9 Å². The van der Waals surface area contributed by atoms with E-state index in [2.05, 4.69) is 20.7 Å². The third kappa shape index (κ3) is 4.20. The third-order valence-electron chi connectivity index (χ3n) is 3.67. The lowest BCUT2D eigenvalue weighted by Gasteiger charge is -2.21. The van der Waals surface area contributed by atoms with Crippen molar-refractivity contribution in [1.82, 2.24) is 4.72 Å². The number of halogens is 1. The van der Waals surface area contributed by atoms with Crippen molar-refractivity contribution in [3.05, 3.63) is 22.7 Å². The lowest BCUT2D eigenvalue weighted by molar-refractivity contribution is 0.426. The van der Waals surface area contributed by atoms with Gasteiger partial charge in [-0.05, 0) is 47.0 Å². The summed E-state index contributed by atoms with van der Waals surface area (Å²) in [6.45, 7) is 0. The second-order valence-corrected chi connectivity index (χ2v) is 7.89. The molecule has 1 aromatic rings. The molecule has 1 aliphatic rings. The molecule has 1 aromatic carbocycles. The van der Waals surface area contributed by atoms with Crippen LogP contribution in [-0.2, 0) is 10.0 Å². The summed E-state index contributed by atoms with van der Waals surface area (Å²) in [5.74, 6) is 0. The van der Waals surface area contributed by atoms with Gasteiger partial charge in [0.25, 0.3) is 0 Å². The number of hydrogen-bond donors (Lipinski definition) is 2. The van der Waals surface area contributed by atoms with E-state index < -0.39 is 10.0 Å². The first kappa shape index (κ1) is 15.8. The average Bonchev–Trinajstić information content (AvgIpc) is 2.31. The molecular weight excluding hydrogens is 340 g/mol. The van der Waals surface area contributed by atoms with E-state index in [-0.39, 0.29) is 10.9 Å². The van der Waals surface area contributed by atoms with Crippen LogP contribution >= 0.6 is 15.9 Å². The summed E-state index contributed by atoms with van der Waals surface area (Å²) in [6, 6.07) is 4.82. The van der Waals surface area contributed by atoms with E-state index in [1.807, 2.05) is 0 Å². The first-order chi connectivity index (χ1) is 9.49. The molecule has 1 saturated carbocycles. The summed E-state index contributed by atoms with van der Waals surface area (Å²) in [4.78, 5) is 0.258. The van der Waals surface area contributed by atoms with Gasteiger partial charge >= 0.3 is 0 Å². The van der Waals surface area contributed by atoms with Crippen molar-refractivity contribution in [1.29, 1.82) is 0 Å². The summed E-state index contributed by atoms with van der Waals surface area (Å²) in [5.41, 5.74) is 6.19. The van der Waals surface area contributed by atoms with Gasteiger partial charge in [-0.15, -0.1) is 0 Å². The Bertz CT molecular complexity index is 552. The molecule has 0 radical (unpaired) electrons. The number of sulfonamides is 1. The van der Waals surface area contributed by atoms with E-state index in [1.54, 1.807) is 18.2 Å². The molecule has 3 N–H and O–H groups in total. The summed E-state index contributed by atoms with van der Waals surface area (Å²) < 4.78 is 28.2. The maximum Gasteiger partial charge on any atom is 0.241 e. The van der Waals surface area contributed by atoms with Gasteiger partial charge in [0, 0.05) is 16.2 Å². The highest BCUT2D eigenvalue weighted by Crippen LogP contribution is 2.25. The molecule has 112 valence electrons. The molecule has 0 spiro atoms. The highest BCUT2D eigenvalue weighted by molar-refractivity contribution is 9.10. The topological polar surface area (TPSA) is 72.2 Å². The molecule has 1 aliphatic carbocycles. The quantitative estimate of drug-likeness (QED) is 0.811. The molecule has 0 aromatic heterocycles. The summed E-state index contributed by atoms with van der Waals surface area (Å²) in [6.07, 6.45) is 7.69. The van der Waals surface area contributed by atoms with Gasteiger partial charge in [0.2, 0.25) is 10.0 Å². The standard InChI is InChI=1S/C14H21BrN2O2S/c15-13-10-11(16)8-9-14(13)20(18,19)17-12-6-4-2-1-3-5-7-12/h8-10,12,17H,1-7,16H2. The van der Waals surface area contributed by atoms with Gasteiger partial charge in [-0.1, -0.05) is 32.1 Å². The third-order valence-corrected chi connectivity index (χ3v) is 6.17. The van der Waals surface area contributed by atoms with E-state index in [4.69, 9.17) is 5.73 Å². The Kier molecular flexibility index (Phi) is 5.46. The molecule has 6 heteroatoms. The molecule has 2 rings (SSSR count). The Morgan fingerprint density at radius 1 is 1.10 bits per heavy atom. The Labute approximate surface area is 129 Å². The van der Waals surface area contributed by atoms with Crippen LogP contribution in [0.3, 0.4) is 0 Å². The number of nitrogen functional groups attached to an aromatic ring is 1. The number of anilines is 1. The van der Waals surface area contributed by atoms with Crippen molar-refractivity contribution in [3.8, 4) is 0 Å². The van der Waals surface area contributed by atoms with E-state index in [0.717, 1.165) is 25.7 Å². The van der Waals surface area contributed by atoms with Crippen molar-refractivity contribution in [3.63, 3.8) is 0 Å². The summed E-state index contributed by atoms with van der Waals surface area (Å²) in [7, 11) is -3.49. The lowest BCUT2D eigenvalue weighted by Crippen LogP contribution is -2.35. The summed E-state index contributed by atoms with van der Waals surface area (Å²) in [5, 5.41) is 0. The van der Waals surface area contributed by atoms with Crippen LogP contribution in [0.15, 0.2) is 27.6 Å². The maximum atomic E-state index is 12.4. The Balaban J connectivity index is 2.13. The van der Waals surface area contributed by atoms with E-state index in [0.29, 0.717) is 10.2 Å². The van der Waals surface area contributed by atoms with Crippen LogP contribution in [0.1, 0.15) is 44.9 Å². The molecular formula is C14H21BrN2O2S. The van der Waals surface area contributed by atoms with Crippen molar-refractivity contribution < 1.29 is 8.42 Å². The number of hydrogen-bond acceptors (Lipinski definition) is 3. The highest BCUT2D eigenvalue weighted by Gasteiger charge is 2.22. The van der Waals surface area contributed by atoms with Gasteiger partial charge in [-0.25, -0.2) is 13.1 Å². The fraction of sp³-hybridized carbons (Fsp3) is 0.571. The van der Waals surface area contributed by atoms with Crippen molar-refractivity contribution >= 4 is 31.6 Å². The minimum atomic E-state index is -3.49. The largest absolute Gasteiger partial charge is 0.399 e. The molecule has 0 saturated heterocycles. The normalized spacial score (nSPS) is 18.4. The smallest absolute Gasteiger partial charge is 0.241 e. The van der Waals surface area contributed by atoms with Gasteiger partial charge in [0.05, 0.1) is 4.90 Å². The predicted octanol–water partition coefficient (Wildman–Crippen LogP) is 3.42. The van der Waals surface area contributed by atoms with Gasteiger partial charge in [-0.3, -0.25) is 0 Å². The van der Waals surface area contributed by atoms with Gasteiger partial charge in [0.1, 0.15) is 0 Å². The molecule has 0 heterocycles. The van der Waals surface area contributed by atoms with Crippen LogP contribution in [0.4, 0.5) is 5.69 Å². The second-order valence-electron chi connectivity index (χ2n) is 5.35. The van der Waals surface area contributed by atoms with E-state index >= 15 is 0 Å². The molecule has 0 bridgehead atoms. The van der Waals surface area contributed by atoms with Crippen molar-refractivity contribution in [2.75, 3.05) is 5.73 Å². The monoisotopic (exact) mass is 360 g/mol. The van der Waals surface area contributed by atoms with Crippen LogP contribution in [0.25, 0.3) is 0 Å². The number of nitrogens with two attached hydrogens (primary N) is 1. The number of nitrogens with one attached hydrogen (secondary N) is 1. The van der Waals surface area contributed by atoms with Crippen LogP contribution in [-0.4, -0.2) is 14.5 Å². The minimum Gasteiger partial charge on any atom is -0.399 e. The minimum absolute atomic E-state index is 0.0461. The summed E-state index contributed by atoms with van der Waals surface area (Å²) >= 11 is 3.28. The van der Waals surface area contributed by atoms with Crippen LogP contribution < -0.4 is 10.5 Å². The van der Waals surface area contributed by atoms with Crippen LogP contribution in [0.2, 0.25) is 0 Å². The fourth-order valence-corrected chi connectivity index (χ4v) is 4.99. The Morgan fingerprint density at radius 2 is 1.70 bits per heavy atom. The first-order valence-corrected chi connectivity index (χ1v) is 9.34. The fourth-order valence-electron chi connectivity index (χ4n) is 2.59. The molecule has 0 unspecified atom stereocenters. The molecule has 4 nitrogen and oxygen atoms in total. The Morgan fingerprint density at radius 3 is 2.30 bits per heavy atom. The number of benzene rings is 1. The van der Waals surface area contributed by atoms with E-state index in [9.17, 15) is 8.42 Å². The van der Waals surface area contributed by atoms with Crippen LogP contribution in [0, 0.1) is 0 Å². The maximum absolute atomic E-state index is 12.4. The van der Waals surface area contributed by atoms with Gasteiger partial charge in [-0.2, -0.15) is 0 Å². The Hall–Kier alpha value is -0.590. The zero-order chi connectivity index (χ0) is 14.6. The van der Waals surface area contributed by atoms with Crippen molar-refractivity contribution in [2.24, 2.45) is 0 Å². The molecule has 0 atom stereocenters. The zero-order valence-corrected chi connectivity index (χ0v) is 13.8. The number of rotatable bonds is 3. The van der Waals surface area contributed by atoms with Gasteiger partial charge in [0.15, 0.2) is 0 Å².